The Labute approximate surface area is 405 Å². The number of hydrogen-bond donors (Lipinski definition) is 4. The van der Waals surface area contributed by atoms with Crippen LogP contribution in [0.1, 0.15) is 91.3 Å². The number of hydrogen-bond acceptors (Lipinski definition) is 9. The second-order valence-corrected chi connectivity index (χ2v) is 19.3. The van der Waals surface area contributed by atoms with Crippen molar-refractivity contribution in [3.8, 4) is 22.6 Å². The second kappa shape index (κ2) is 20.1. The molecule has 0 spiro atoms. The third kappa shape index (κ3) is 9.38. The molecular formula is C52H59ClF2N8O6. The zero-order valence-electron chi connectivity index (χ0n) is 39.2. The van der Waals surface area contributed by atoms with Gasteiger partial charge in [-0.2, -0.15) is 5.10 Å². The number of piperidine rings is 1. The van der Waals surface area contributed by atoms with Gasteiger partial charge in [0.25, 0.3) is 0 Å². The van der Waals surface area contributed by atoms with Crippen LogP contribution in [-0.2, 0) is 28.7 Å². The summed E-state index contributed by atoms with van der Waals surface area (Å²) in [6, 6.07) is 19.2. The molecule has 5 aromatic rings. The molecule has 17 heteroatoms. The third-order valence-corrected chi connectivity index (χ3v) is 15.4. The number of methoxy groups -OCH3 is 1. The number of halogens is 3. The number of likely N-dealkylation sites (tertiary alicyclic amines) is 1. The zero-order chi connectivity index (χ0) is 48.6. The fourth-order valence-corrected chi connectivity index (χ4v) is 11.4. The van der Waals surface area contributed by atoms with Gasteiger partial charge in [-0.3, -0.25) is 29.3 Å². The van der Waals surface area contributed by atoms with E-state index < -0.39 is 35.1 Å². The van der Waals surface area contributed by atoms with Gasteiger partial charge >= 0.3 is 6.03 Å². The summed E-state index contributed by atoms with van der Waals surface area (Å²) in [5, 5.41) is 14.6. The highest BCUT2D eigenvalue weighted by atomic mass is 35.5. The predicted octanol–water partition coefficient (Wildman–Crippen LogP) is 7.73. The lowest BCUT2D eigenvalue weighted by atomic mass is 9.77. The summed E-state index contributed by atoms with van der Waals surface area (Å²) in [6.45, 7) is 5.91. The van der Waals surface area contributed by atoms with Crippen molar-refractivity contribution in [3.05, 3.63) is 106 Å². The Kier molecular flexibility index (Phi) is 14.0. The molecular weight excluding hydrogens is 906 g/mol. The molecule has 2 atom stereocenters. The Bertz CT molecular complexity index is 2770. The van der Waals surface area contributed by atoms with E-state index in [1.807, 2.05) is 61.1 Å². The Morgan fingerprint density at radius 3 is 2.45 bits per heavy atom. The molecule has 1 aromatic heterocycles. The van der Waals surface area contributed by atoms with Crippen molar-refractivity contribution in [2.75, 3.05) is 51.3 Å². The highest BCUT2D eigenvalue weighted by Crippen LogP contribution is 2.56. The van der Waals surface area contributed by atoms with Crippen molar-refractivity contribution >= 4 is 52.1 Å². The number of fused-ring (bicyclic) bond motifs is 2. The number of imide groups is 1. The van der Waals surface area contributed by atoms with E-state index in [4.69, 9.17) is 26.8 Å². The number of para-hydroxylation sites is 1. The van der Waals surface area contributed by atoms with E-state index in [1.54, 1.807) is 4.90 Å². The first kappa shape index (κ1) is 47.9. The normalized spacial score (nSPS) is 22.1. The molecule has 14 nitrogen and oxygen atoms in total. The summed E-state index contributed by atoms with van der Waals surface area (Å²) in [7, 11) is 3.20. The van der Waals surface area contributed by atoms with Crippen LogP contribution in [0.3, 0.4) is 0 Å². The van der Waals surface area contributed by atoms with Crippen molar-refractivity contribution in [3.63, 3.8) is 0 Å². The van der Waals surface area contributed by atoms with Crippen LogP contribution in [0.4, 0.5) is 19.4 Å². The van der Waals surface area contributed by atoms with Crippen LogP contribution in [0.2, 0.25) is 5.02 Å². The molecule has 0 bridgehead atoms. The molecule has 4 aromatic carbocycles. The number of nitrogens with zero attached hydrogens (tertiary/aromatic N) is 4. The van der Waals surface area contributed by atoms with Gasteiger partial charge in [-0.1, -0.05) is 61.0 Å². The summed E-state index contributed by atoms with van der Waals surface area (Å²) in [4.78, 5) is 54.4. The van der Waals surface area contributed by atoms with Crippen LogP contribution < -0.4 is 36.1 Å². The van der Waals surface area contributed by atoms with E-state index in [2.05, 4.69) is 32.0 Å². The number of rotatable bonds is 15. The average molecular weight is 966 g/mol. The fraction of sp³-hybridized carbons (Fsp3) is 0.442. The van der Waals surface area contributed by atoms with Crippen molar-refractivity contribution in [1.82, 2.24) is 30.6 Å². The SMILES string of the molecule is COc1ccc(C(N)=O)c(-c2c(Cl)c(F)cc3c2C(C)C(CNC2CCC(C(=O)NCCN4CCC(CCc5cccc6c(N7CCC(=O)NC7=O)nn(C)c56)CC4)CC2)(c2ccccc2)O3)c1F. The van der Waals surface area contributed by atoms with Crippen LogP contribution in [0, 0.1) is 23.5 Å². The van der Waals surface area contributed by atoms with Gasteiger partial charge in [0.1, 0.15) is 11.6 Å². The molecule has 3 aliphatic heterocycles. The molecule has 2 saturated heterocycles. The lowest BCUT2D eigenvalue weighted by molar-refractivity contribution is -0.126. The lowest BCUT2D eigenvalue weighted by Crippen LogP contribution is -2.49. The molecule has 0 radical (unpaired) electrons. The molecule has 3 fully saturated rings. The molecule has 364 valence electrons. The minimum Gasteiger partial charge on any atom is -0.494 e. The highest BCUT2D eigenvalue weighted by molar-refractivity contribution is 6.34. The van der Waals surface area contributed by atoms with Gasteiger partial charge in [-0.05, 0) is 99.7 Å². The molecule has 9 rings (SSSR count). The Hall–Kier alpha value is -6.10. The number of nitrogens with one attached hydrogen (secondary N) is 3. The molecule has 2 unspecified atom stereocenters. The predicted molar refractivity (Wildman–Crippen MR) is 259 cm³/mol. The van der Waals surface area contributed by atoms with E-state index in [-0.39, 0.29) is 63.4 Å². The fourth-order valence-electron chi connectivity index (χ4n) is 11.1. The van der Waals surface area contributed by atoms with Crippen molar-refractivity contribution in [2.24, 2.45) is 24.6 Å². The Balaban J connectivity index is 0.766. The summed E-state index contributed by atoms with van der Waals surface area (Å²) >= 11 is 6.69. The first-order valence-electron chi connectivity index (χ1n) is 24.0. The van der Waals surface area contributed by atoms with Gasteiger partial charge in [-0.25, -0.2) is 13.6 Å². The van der Waals surface area contributed by atoms with Crippen LogP contribution >= 0.6 is 11.6 Å². The summed E-state index contributed by atoms with van der Waals surface area (Å²) in [5.74, 6) is -2.22. The largest absolute Gasteiger partial charge is 0.494 e. The minimum atomic E-state index is -1.07. The molecule has 1 saturated carbocycles. The maximum atomic E-state index is 16.2. The van der Waals surface area contributed by atoms with Crippen LogP contribution in [0.15, 0.2) is 66.7 Å². The molecule has 1 aliphatic carbocycles. The van der Waals surface area contributed by atoms with E-state index in [0.29, 0.717) is 36.9 Å². The monoisotopic (exact) mass is 964 g/mol. The Morgan fingerprint density at radius 1 is 0.986 bits per heavy atom. The third-order valence-electron chi connectivity index (χ3n) is 15.0. The quantitative estimate of drug-likeness (QED) is 0.0820. The number of aryl methyl sites for hydroxylation is 2. The lowest BCUT2D eigenvalue weighted by Gasteiger charge is -2.37. The first-order valence-corrected chi connectivity index (χ1v) is 24.4. The number of benzene rings is 4. The van der Waals surface area contributed by atoms with E-state index >= 15 is 8.78 Å². The topological polar surface area (TPSA) is 173 Å². The van der Waals surface area contributed by atoms with Gasteiger partial charge in [0.05, 0.1) is 23.2 Å². The number of aromatic nitrogens is 2. The number of anilines is 1. The molecule has 5 amide bonds. The molecule has 4 aliphatic rings. The van der Waals surface area contributed by atoms with Gasteiger partial charge < -0.3 is 30.7 Å². The summed E-state index contributed by atoms with van der Waals surface area (Å²) in [5.41, 5.74) is 7.72. The average Bonchev–Trinajstić information content (AvgIpc) is 3.84. The number of nitrogens with two attached hydrogens (primary N) is 1. The molecule has 5 N–H and O–H groups in total. The molecule has 69 heavy (non-hydrogen) atoms. The van der Waals surface area contributed by atoms with Crippen molar-refractivity contribution in [2.45, 2.75) is 82.3 Å². The number of amides is 5. The van der Waals surface area contributed by atoms with Gasteiger partial charge in [0.2, 0.25) is 17.7 Å². The van der Waals surface area contributed by atoms with Gasteiger partial charge in [0, 0.05) is 85.7 Å². The second-order valence-electron chi connectivity index (χ2n) is 19.0. The smallest absolute Gasteiger partial charge is 0.329 e. The summed E-state index contributed by atoms with van der Waals surface area (Å²) < 4.78 is 45.8. The number of urea groups is 1. The highest BCUT2D eigenvalue weighted by Gasteiger charge is 2.50. The van der Waals surface area contributed by atoms with E-state index in [0.717, 1.165) is 87.5 Å². The maximum absolute atomic E-state index is 16.2. The number of ether oxygens (including phenoxy) is 2. The first-order chi connectivity index (χ1) is 33.3. The van der Waals surface area contributed by atoms with Crippen molar-refractivity contribution < 1.29 is 37.4 Å². The molecule has 4 heterocycles. The van der Waals surface area contributed by atoms with Crippen LogP contribution in [-0.4, -0.2) is 90.9 Å². The van der Waals surface area contributed by atoms with Gasteiger partial charge in [-0.15, -0.1) is 0 Å². The van der Waals surface area contributed by atoms with Gasteiger partial charge in [0.15, 0.2) is 23.0 Å². The number of carbonyl (C=O) groups excluding carboxylic acids is 4. The minimum absolute atomic E-state index is 0.00594. The van der Waals surface area contributed by atoms with Crippen LogP contribution in [0.5, 0.6) is 11.5 Å². The van der Waals surface area contributed by atoms with E-state index in [9.17, 15) is 19.2 Å². The number of carbonyl (C=O) groups is 4. The van der Waals surface area contributed by atoms with Crippen molar-refractivity contribution in [1.29, 1.82) is 0 Å². The Morgan fingerprint density at radius 2 is 1.74 bits per heavy atom. The van der Waals surface area contributed by atoms with Crippen LogP contribution in [0.25, 0.3) is 22.0 Å². The van der Waals surface area contributed by atoms with E-state index in [1.165, 1.54) is 30.9 Å². The summed E-state index contributed by atoms with van der Waals surface area (Å²) in [6.07, 6.45) is 7.37. The number of primary amides is 1. The zero-order valence-corrected chi connectivity index (χ0v) is 40.0. The maximum Gasteiger partial charge on any atom is 0.329 e. The standard InChI is InChI=1S/C52H59ClF2N8O6/c1-30-42-40(28-38(54)45(53)44(42)43-36(48(56)65)18-19-39(68-3)46(43)55)69-52(30,34-9-5-4-6-10-34)29-58-35-16-14-33(15-17-35)50(66)57-23-27-62-24-20-31(21-25-62)12-13-32-8-7-11-37-47(32)61(2)60-49(37)63-26-22-41(64)59-51(63)67/h4-11,18-19,28,30-31,33,35,58H,12-17,20-27,29H2,1-3H3,(H2,56,65)(H,57,66)(H,59,64,67).